The molecular weight excluding hydrogens is 462 g/mol. The summed E-state index contributed by atoms with van der Waals surface area (Å²) >= 11 is 0. The Morgan fingerprint density at radius 2 is 1.46 bits per heavy atom. The summed E-state index contributed by atoms with van der Waals surface area (Å²) in [4.78, 5) is 25.8. The number of nitrogens with zero attached hydrogens (tertiary/aromatic N) is 1. The zero-order chi connectivity index (χ0) is 25.8. The topological polar surface area (TPSA) is 95.6 Å². The predicted octanol–water partition coefficient (Wildman–Crippen LogP) is 4.58. The number of carbonyl (C=O) groups is 2. The summed E-state index contributed by atoms with van der Waals surface area (Å²) in [6.45, 7) is 8.85. The number of benzene rings is 3. The van der Waals surface area contributed by atoms with Crippen molar-refractivity contribution in [2.75, 3.05) is 16.2 Å². The Hall–Kier alpha value is -3.65. The minimum Gasteiger partial charge on any atom is -0.350 e. The molecular formula is C27H31N3O4S. The van der Waals surface area contributed by atoms with Crippen molar-refractivity contribution in [3.8, 4) is 0 Å². The van der Waals surface area contributed by atoms with Crippen LogP contribution in [0.3, 0.4) is 0 Å². The average Bonchev–Trinajstić information content (AvgIpc) is 2.77. The summed E-state index contributed by atoms with van der Waals surface area (Å²) in [6, 6.07) is 18.4. The fourth-order valence-electron chi connectivity index (χ4n) is 3.70. The number of rotatable bonds is 8. The van der Waals surface area contributed by atoms with Crippen molar-refractivity contribution in [3.63, 3.8) is 0 Å². The Morgan fingerprint density at radius 1 is 0.857 bits per heavy atom. The van der Waals surface area contributed by atoms with E-state index < -0.39 is 22.5 Å². The van der Waals surface area contributed by atoms with Gasteiger partial charge in [0.25, 0.3) is 15.9 Å². The number of carbonyl (C=O) groups excluding carboxylic acids is 2. The van der Waals surface area contributed by atoms with E-state index in [0.29, 0.717) is 16.9 Å². The minimum absolute atomic E-state index is 0.0778. The highest BCUT2D eigenvalue weighted by molar-refractivity contribution is 7.92. The van der Waals surface area contributed by atoms with Gasteiger partial charge in [-0.25, -0.2) is 8.42 Å². The lowest BCUT2D eigenvalue weighted by atomic mass is 10.1. The second kappa shape index (κ2) is 10.7. The molecule has 3 aromatic carbocycles. The van der Waals surface area contributed by atoms with Gasteiger partial charge in [-0.2, -0.15) is 0 Å². The maximum Gasteiger partial charge on any atom is 0.264 e. The molecule has 2 N–H and O–H groups in total. The van der Waals surface area contributed by atoms with Crippen LogP contribution in [0.25, 0.3) is 0 Å². The first-order valence-electron chi connectivity index (χ1n) is 11.3. The Kier molecular flexibility index (Phi) is 7.96. The predicted molar refractivity (Wildman–Crippen MR) is 139 cm³/mol. The highest BCUT2D eigenvalue weighted by Gasteiger charge is 2.28. The van der Waals surface area contributed by atoms with E-state index in [2.05, 4.69) is 10.6 Å². The maximum atomic E-state index is 13.6. The van der Waals surface area contributed by atoms with Crippen molar-refractivity contribution in [1.82, 2.24) is 5.32 Å². The molecule has 35 heavy (non-hydrogen) atoms. The summed E-state index contributed by atoms with van der Waals surface area (Å²) in [5.41, 5.74) is 3.68. The molecule has 0 saturated heterocycles. The Bertz CT molecular complexity index is 1310. The van der Waals surface area contributed by atoms with Gasteiger partial charge in [0.15, 0.2) is 0 Å². The number of sulfonamides is 1. The lowest BCUT2D eigenvalue weighted by molar-refractivity contribution is -0.114. The Balaban J connectivity index is 1.97. The van der Waals surface area contributed by atoms with Crippen molar-refractivity contribution in [3.05, 3.63) is 89.0 Å². The largest absolute Gasteiger partial charge is 0.350 e. The average molecular weight is 494 g/mol. The molecule has 0 aromatic heterocycles. The van der Waals surface area contributed by atoms with Crippen molar-refractivity contribution in [1.29, 1.82) is 0 Å². The molecule has 0 bridgehead atoms. The van der Waals surface area contributed by atoms with Crippen molar-refractivity contribution in [2.24, 2.45) is 0 Å². The van der Waals surface area contributed by atoms with Gasteiger partial charge >= 0.3 is 0 Å². The van der Waals surface area contributed by atoms with Gasteiger partial charge in [0, 0.05) is 6.04 Å². The van der Waals surface area contributed by atoms with Gasteiger partial charge in [-0.05, 0) is 82.1 Å². The number of para-hydroxylation sites is 1. The number of anilines is 2. The van der Waals surface area contributed by atoms with Gasteiger partial charge in [-0.1, -0.05) is 35.9 Å². The molecule has 0 aliphatic heterocycles. The second-order valence-electron chi connectivity index (χ2n) is 8.89. The molecule has 0 aliphatic rings. The third-order valence-corrected chi connectivity index (χ3v) is 7.04. The number of hydrogen-bond acceptors (Lipinski definition) is 4. The van der Waals surface area contributed by atoms with E-state index in [-0.39, 0.29) is 16.8 Å². The van der Waals surface area contributed by atoms with Gasteiger partial charge in [-0.3, -0.25) is 13.9 Å². The monoisotopic (exact) mass is 493 g/mol. The first-order valence-corrected chi connectivity index (χ1v) is 12.8. The van der Waals surface area contributed by atoms with Crippen LogP contribution in [-0.4, -0.2) is 32.8 Å². The molecule has 0 spiro atoms. The molecule has 2 amide bonds. The molecule has 7 nitrogen and oxygen atoms in total. The van der Waals surface area contributed by atoms with Crippen molar-refractivity contribution >= 4 is 33.2 Å². The number of amides is 2. The first-order chi connectivity index (χ1) is 16.5. The zero-order valence-corrected chi connectivity index (χ0v) is 21.4. The standard InChI is InChI=1S/C27H31N3O4S/c1-18(2)28-27(32)24-8-6-7-9-25(24)29-26(31)17-30(22-15-20(4)14-21(5)16-22)35(33,34)23-12-10-19(3)11-13-23/h6-16,18H,17H2,1-5H3,(H,28,32)(H,29,31). The van der Waals surface area contributed by atoms with E-state index in [1.165, 1.54) is 12.1 Å². The van der Waals surface area contributed by atoms with Gasteiger partial charge in [-0.15, -0.1) is 0 Å². The summed E-state index contributed by atoms with van der Waals surface area (Å²) in [6.07, 6.45) is 0. The van der Waals surface area contributed by atoms with E-state index in [4.69, 9.17) is 0 Å². The second-order valence-corrected chi connectivity index (χ2v) is 10.8. The summed E-state index contributed by atoms with van der Waals surface area (Å²) in [7, 11) is -4.04. The molecule has 0 heterocycles. The van der Waals surface area contributed by atoms with Crippen LogP contribution in [0, 0.1) is 20.8 Å². The number of aryl methyl sites for hydroxylation is 3. The van der Waals surface area contributed by atoms with Crippen molar-refractivity contribution < 1.29 is 18.0 Å². The first kappa shape index (κ1) is 26.0. The molecule has 0 radical (unpaired) electrons. The van der Waals surface area contributed by atoms with Crippen LogP contribution < -0.4 is 14.9 Å². The lowest BCUT2D eigenvalue weighted by Gasteiger charge is -2.25. The van der Waals surface area contributed by atoms with Crippen molar-refractivity contribution in [2.45, 2.75) is 45.6 Å². The van der Waals surface area contributed by atoms with Gasteiger partial charge < -0.3 is 10.6 Å². The number of hydrogen-bond donors (Lipinski definition) is 2. The van der Waals surface area contributed by atoms with Gasteiger partial charge in [0.2, 0.25) is 5.91 Å². The molecule has 0 unspecified atom stereocenters. The SMILES string of the molecule is Cc1ccc(S(=O)(=O)N(CC(=O)Nc2ccccc2C(=O)NC(C)C)c2cc(C)cc(C)c2)cc1. The van der Waals surface area contributed by atoms with Gasteiger partial charge in [0.05, 0.1) is 21.8 Å². The molecule has 0 fully saturated rings. The Labute approximate surface area is 207 Å². The lowest BCUT2D eigenvalue weighted by Crippen LogP contribution is -2.38. The highest BCUT2D eigenvalue weighted by atomic mass is 32.2. The quantitative estimate of drug-likeness (QED) is 0.480. The number of nitrogens with one attached hydrogen (secondary N) is 2. The molecule has 0 aliphatic carbocycles. The Morgan fingerprint density at radius 3 is 2.06 bits per heavy atom. The molecule has 3 rings (SSSR count). The van der Waals surface area contributed by atoms with E-state index >= 15 is 0 Å². The summed E-state index contributed by atoms with van der Waals surface area (Å²) in [5, 5.41) is 5.53. The maximum absolute atomic E-state index is 13.6. The highest BCUT2D eigenvalue weighted by Crippen LogP contribution is 2.26. The van der Waals surface area contributed by atoms with E-state index in [1.54, 1.807) is 48.5 Å². The summed E-state index contributed by atoms with van der Waals surface area (Å²) < 4.78 is 28.4. The molecule has 3 aromatic rings. The van der Waals surface area contributed by atoms with Crippen LogP contribution in [-0.2, 0) is 14.8 Å². The van der Waals surface area contributed by atoms with Gasteiger partial charge in [0.1, 0.15) is 6.54 Å². The van der Waals surface area contributed by atoms with Crippen LogP contribution in [0.4, 0.5) is 11.4 Å². The normalized spacial score (nSPS) is 11.3. The third-order valence-electron chi connectivity index (χ3n) is 5.26. The van der Waals surface area contributed by atoms with E-state index in [0.717, 1.165) is 21.0 Å². The molecule has 0 saturated carbocycles. The summed E-state index contributed by atoms with van der Waals surface area (Å²) in [5.74, 6) is -0.890. The fourth-order valence-corrected chi connectivity index (χ4v) is 5.10. The minimum atomic E-state index is -4.04. The van der Waals surface area contributed by atoms with E-state index in [9.17, 15) is 18.0 Å². The molecule has 184 valence electrons. The van der Waals surface area contributed by atoms with Crippen LogP contribution in [0.5, 0.6) is 0 Å². The van der Waals surface area contributed by atoms with Crippen LogP contribution >= 0.6 is 0 Å². The van der Waals surface area contributed by atoms with Crippen LogP contribution in [0.1, 0.15) is 40.9 Å². The zero-order valence-electron chi connectivity index (χ0n) is 20.6. The third kappa shape index (κ3) is 6.48. The van der Waals surface area contributed by atoms with Crippen LogP contribution in [0.2, 0.25) is 0 Å². The van der Waals surface area contributed by atoms with Crippen LogP contribution in [0.15, 0.2) is 71.6 Å². The smallest absolute Gasteiger partial charge is 0.264 e. The molecule has 0 atom stereocenters. The fraction of sp³-hybridized carbons (Fsp3) is 0.259. The van der Waals surface area contributed by atoms with E-state index in [1.807, 2.05) is 40.7 Å². The molecule has 8 heteroatoms.